The lowest BCUT2D eigenvalue weighted by Crippen LogP contribution is -2.30. The Balaban J connectivity index is 1.43. The molecule has 2 fully saturated rings. The maximum absolute atomic E-state index is 12.8. The molecule has 0 radical (unpaired) electrons. The second kappa shape index (κ2) is 8.59. The number of rotatable bonds is 8. The van der Waals surface area contributed by atoms with Crippen molar-refractivity contribution in [1.82, 2.24) is 5.32 Å². The van der Waals surface area contributed by atoms with E-state index in [4.69, 9.17) is 23.7 Å². The normalized spacial score (nSPS) is 20.1. The van der Waals surface area contributed by atoms with E-state index in [9.17, 15) is 9.59 Å². The van der Waals surface area contributed by atoms with Crippen molar-refractivity contribution in [3.63, 3.8) is 0 Å². The first-order valence-electron chi connectivity index (χ1n) is 11.1. The van der Waals surface area contributed by atoms with E-state index in [1.807, 2.05) is 30.3 Å². The van der Waals surface area contributed by atoms with Crippen molar-refractivity contribution in [2.75, 3.05) is 34.0 Å². The van der Waals surface area contributed by atoms with Crippen molar-refractivity contribution in [2.45, 2.75) is 31.9 Å². The zero-order valence-corrected chi connectivity index (χ0v) is 18.8. The van der Waals surface area contributed by atoms with Crippen molar-refractivity contribution >= 4 is 11.9 Å². The first-order chi connectivity index (χ1) is 16.0. The predicted octanol–water partition coefficient (Wildman–Crippen LogP) is 3.11. The first-order valence-corrected chi connectivity index (χ1v) is 11.1. The van der Waals surface area contributed by atoms with Gasteiger partial charge in [-0.2, -0.15) is 0 Å². The molecule has 1 saturated heterocycles. The maximum atomic E-state index is 12.8. The molecule has 1 aliphatic carbocycles. The molecular weight excluding hydrogens is 426 g/mol. The highest BCUT2D eigenvalue weighted by atomic mass is 16.6. The number of carbonyl (C=O) groups is 2. The highest BCUT2D eigenvalue weighted by Crippen LogP contribution is 2.50. The number of carbonyl (C=O) groups excluding carboxylic acids is 2. The van der Waals surface area contributed by atoms with E-state index in [1.165, 1.54) is 0 Å². The fourth-order valence-electron chi connectivity index (χ4n) is 4.32. The number of amides is 1. The molecule has 5 rings (SSSR count). The van der Waals surface area contributed by atoms with E-state index in [-0.39, 0.29) is 24.6 Å². The average molecular weight is 453 g/mol. The van der Waals surface area contributed by atoms with Gasteiger partial charge in [-0.15, -0.1) is 0 Å². The molecule has 2 aromatic carbocycles. The minimum atomic E-state index is -0.651. The monoisotopic (exact) mass is 453 g/mol. The molecule has 8 nitrogen and oxygen atoms in total. The van der Waals surface area contributed by atoms with Gasteiger partial charge in [0.05, 0.1) is 27.4 Å². The molecule has 174 valence electrons. The summed E-state index contributed by atoms with van der Waals surface area (Å²) in [6, 6.07) is 9.40. The van der Waals surface area contributed by atoms with Gasteiger partial charge in [0.2, 0.25) is 5.75 Å². The van der Waals surface area contributed by atoms with Gasteiger partial charge in [0, 0.05) is 24.1 Å². The van der Waals surface area contributed by atoms with Gasteiger partial charge in [-0.1, -0.05) is 6.07 Å². The topological polar surface area (TPSA) is 92.3 Å². The summed E-state index contributed by atoms with van der Waals surface area (Å²) in [4.78, 5) is 24.8. The van der Waals surface area contributed by atoms with Crippen LogP contribution < -0.4 is 19.5 Å². The average Bonchev–Trinajstić information content (AvgIpc) is 3.29. The summed E-state index contributed by atoms with van der Waals surface area (Å²) >= 11 is 0. The van der Waals surface area contributed by atoms with Crippen LogP contribution in [0.1, 0.15) is 35.2 Å². The van der Waals surface area contributed by atoms with Crippen LogP contribution in [0.15, 0.2) is 30.3 Å². The Hall–Kier alpha value is -3.26. The van der Waals surface area contributed by atoms with Crippen molar-refractivity contribution < 1.29 is 33.3 Å². The molecule has 1 amide bonds. The van der Waals surface area contributed by atoms with Crippen LogP contribution in [0.2, 0.25) is 0 Å². The predicted molar refractivity (Wildman–Crippen MR) is 119 cm³/mol. The SMILES string of the molecule is COc1ccc(-c2ccc3c(c2)CNC3=O)c(OCC2(C(=O)O[C@H]3CCOC3)CC2)c1OC. The molecule has 33 heavy (non-hydrogen) atoms. The van der Waals surface area contributed by atoms with Crippen molar-refractivity contribution in [3.05, 3.63) is 41.5 Å². The quantitative estimate of drug-likeness (QED) is 0.614. The van der Waals surface area contributed by atoms with Gasteiger partial charge >= 0.3 is 5.97 Å². The largest absolute Gasteiger partial charge is 0.493 e. The van der Waals surface area contributed by atoms with Crippen LogP contribution in [0, 0.1) is 5.41 Å². The van der Waals surface area contributed by atoms with E-state index in [0.717, 1.165) is 23.1 Å². The Morgan fingerprint density at radius 3 is 2.64 bits per heavy atom. The van der Waals surface area contributed by atoms with E-state index < -0.39 is 5.41 Å². The van der Waals surface area contributed by atoms with E-state index in [1.54, 1.807) is 14.2 Å². The fourth-order valence-corrected chi connectivity index (χ4v) is 4.32. The third-order valence-electron chi connectivity index (χ3n) is 6.54. The maximum Gasteiger partial charge on any atom is 0.315 e. The van der Waals surface area contributed by atoms with Crippen LogP contribution in [0.3, 0.4) is 0 Å². The molecule has 0 aromatic heterocycles. The highest BCUT2D eigenvalue weighted by Gasteiger charge is 2.53. The number of benzene rings is 2. The standard InChI is InChI=1S/C25H27NO7/c1-29-20-6-5-18(15-3-4-19-16(11-15)12-26-23(19)27)21(22(20)30-2)32-14-25(8-9-25)24(28)33-17-7-10-31-13-17/h3-6,11,17H,7-10,12-14H2,1-2H3,(H,26,27)/t17-/m0/s1. The molecule has 0 spiro atoms. The Morgan fingerprint density at radius 2 is 1.94 bits per heavy atom. The molecule has 8 heteroatoms. The lowest BCUT2D eigenvalue weighted by molar-refractivity contribution is -0.157. The fraction of sp³-hybridized carbons (Fsp3) is 0.440. The van der Waals surface area contributed by atoms with Gasteiger partial charge in [-0.3, -0.25) is 9.59 Å². The lowest BCUT2D eigenvalue weighted by atomic mass is 9.99. The van der Waals surface area contributed by atoms with Crippen LogP contribution in [-0.4, -0.2) is 52.0 Å². The smallest absolute Gasteiger partial charge is 0.315 e. The Labute approximate surface area is 192 Å². The molecule has 3 aliphatic rings. The van der Waals surface area contributed by atoms with E-state index in [0.29, 0.717) is 55.4 Å². The molecule has 2 aliphatic heterocycles. The van der Waals surface area contributed by atoms with E-state index >= 15 is 0 Å². The lowest BCUT2D eigenvalue weighted by Gasteiger charge is -2.21. The van der Waals surface area contributed by atoms with Gasteiger partial charge in [0.15, 0.2) is 11.5 Å². The molecule has 0 bridgehead atoms. The number of hydrogen-bond donors (Lipinski definition) is 1. The number of fused-ring (bicyclic) bond motifs is 1. The Bertz CT molecular complexity index is 1090. The number of esters is 1. The minimum absolute atomic E-state index is 0.0674. The van der Waals surface area contributed by atoms with Gasteiger partial charge in [-0.25, -0.2) is 0 Å². The molecule has 1 atom stereocenters. The van der Waals surface area contributed by atoms with Crippen molar-refractivity contribution in [2.24, 2.45) is 5.41 Å². The third-order valence-corrected chi connectivity index (χ3v) is 6.54. The molecule has 1 saturated carbocycles. The van der Waals surface area contributed by atoms with Gasteiger partial charge in [-0.05, 0) is 48.2 Å². The van der Waals surface area contributed by atoms with Gasteiger partial charge in [0.25, 0.3) is 5.91 Å². The summed E-state index contributed by atoms with van der Waals surface area (Å²) < 4.78 is 28.4. The zero-order chi connectivity index (χ0) is 23.0. The van der Waals surface area contributed by atoms with Crippen LogP contribution in [0.5, 0.6) is 17.2 Å². The molecule has 1 N–H and O–H groups in total. The highest BCUT2D eigenvalue weighted by molar-refractivity contribution is 5.99. The van der Waals surface area contributed by atoms with Gasteiger partial charge < -0.3 is 29.0 Å². The second-order valence-electron chi connectivity index (χ2n) is 8.69. The van der Waals surface area contributed by atoms with Gasteiger partial charge in [0.1, 0.15) is 18.1 Å². The summed E-state index contributed by atoms with van der Waals surface area (Å²) in [6.07, 6.45) is 1.98. The third kappa shape index (κ3) is 3.99. The van der Waals surface area contributed by atoms with Crippen LogP contribution in [0.4, 0.5) is 0 Å². The molecule has 2 aromatic rings. The Kier molecular flexibility index (Phi) is 5.62. The summed E-state index contributed by atoms with van der Waals surface area (Å²) in [6.45, 7) is 1.74. The summed E-state index contributed by atoms with van der Waals surface area (Å²) in [5.41, 5.74) is 2.64. The van der Waals surface area contributed by atoms with Crippen LogP contribution in [-0.2, 0) is 20.8 Å². The van der Waals surface area contributed by atoms with Crippen molar-refractivity contribution in [1.29, 1.82) is 0 Å². The van der Waals surface area contributed by atoms with E-state index in [2.05, 4.69) is 5.32 Å². The van der Waals surface area contributed by atoms with Crippen LogP contribution >= 0.6 is 0 Å². The Morgan fingerprint density at radius 1 is 1.12 bits per heavy atom. The zero-order valence-electron chi connectivity index (χ0n) is 18.8. The number of methoxy groups -OCH3 is 2. The summed E-state index contributed by atoms with van der Waals surface area (Å²) in [5, 5.41) is 2.84. The first kappa shape index (κ1) is 21.6. The second-order valence-corrected chi connectivity index (χ2v) is 8.69. The molecular formula is C25H27NO7. The summed E-state index contributed by atoms with van der Waals surface area (Å²) in [7, 11) is 3.12. The molecule has 2 heterocycles. The number of nitrogens with one attached hydrogen (secondary N) is 1. The van der Waals surface area contributed by atoms with Crippen LogP contribution in [0.25, 0.3) is 11.1 Å². The number of hydrogen-bond acceptors (Lipinski definition) is 7. The summed E-state index contributed by atoms with van der Waals surface area (Å²) in [5.74, 6) is 1.19. The molecule has 0 unspecified atom stereocenters. The minimum Gasteiger partial charge on any atom is -0.493 e. The van der Waals surface area contributed by atoms with Crippen molar-refractivity contribution in [3.8, 4) is 28.4 Å². The number of ether oxygens (including phenoxy) is 5.